The zero-order valence-corrected chi connectivity index (χ0v) is 10.4. The van der Waals surface area contributed by atoms with E-state index in [0.717, 1.165) is 24.8 Å². The molecule has 2 aliphatic heterocycles. The Bertz CT molecular complexity index is 235. The van der Waals surface area contributed by atoms with Crippen LogP contribution in [0.5, 0.6) is 0 Å². The molecule has 0 aromatic carbocycles. The second-order valence-corrected chi connectivity index (χ2v) is 6.28. The molecule has 0 radical (unpaired) electrons. The fourth-order valence-electron chi connectivity index (χ4n) is 2.88. The van der Waals surface area contributed by atoms with E-state index in [0.29, 0.717) is 6.04 Å². The predicted molar refractivity (Wildman–Crippen MR) is 64.6 cm³/mol. The Morgan fingerprint density at radius 1 is 1.40 bits per heavy atom. The molecule has 0 aromatic rings. The molecule has 2 saturated heterocycles. The fourth-order valence-corrected chi connectivity index (χ4v) is 3.43. The lowest BCUT2D eigenvalue weighted by atomic mass is 10.1. The lowest BCUT2D eigenvalue weighted by Crippen LogP contribution is -2.39. The maximum absolute atomic E-state index is 10.9. The molecule has 0 saturated carbocycles. The van der Waals surface area contributed by atoms with Gasteiger partial charge in [-0.2, -0.15) is 0 Å². The van der Waals surface area contributed by atoms with Crippen molar-refractivity contribution in [2.75, 3.05) is 31.6 Å². The van der Waals surface area contributed by atoms with Crippen LogP contribution in [-0.2, 0) is 10.8 Å². The highest BCUT2D eigenvalue weighted by atomic mass is 32.2. The van der Waals surface area contributed by atoms with Crippen LogP contribution in [0.15, 0.2) is 0 Å². The number of rotatable bonds is 5. The largest absolute Gasteiger partial charge is 0.312 e. The van der Waals surface area contributed by atoms with E-state index in [4.69, 9.17) is 0 Å². The second-order valence-electron chi connectivity index (χ2n) is 4.73. The molecule has 15 heavy (non-hydrogen) atoms. The molecule has 2 fully saturated rings. The van der Waals surface area contributed by atoms with Crippen LogP contribution in [0.4, 0.5) is 0 Å². The Morgan fingerprint density at radius 2 is 2.27 bits per heavy atom. The predicted octanol–water partition coefficient (Wildman–Crippen LogP) is 0.581. The van der Waals surface area contributed by atoms with Gasteiger partial charge in [0, 0.05) is 41.4 Å². The first-order valence-electron chi connectivity index (χ1n) is 6.05. The highest BCUT2D eigenvalue weighted by Crippen LogP contribution is 2.27. The summed E-state index contributed by atoms with van der Waals surface area (Å²) in [6.07, 6.45) is 6.89. The molecule has 0 aromatic heterocycles. The van der Waals surface area contributed by atoms with Crippen molar-refractivity contribution < 1.29 is 4.21 Å². The Kier molecular flexibility index (Phi) is 4.17. The van der Waals surface area contributed by atoms with E-state index in [1.165, 1.54) is 32.4 Å². The molecule has 88 valence electrons. The first-order chi connectivity index (χ1) is 7.27. The van der Waals surface area contributed by atoms with Gasteiger partial charge in [-0.25, -0.2) is 0 Å². The molecule has 2 heterocycles. The maximum Gasteiger partial charge on any atom is 0.0250 e. The molecular formula is C11H22N2OS. The third-order valence-corrected chi connectivity index (χ3v) is 4.48. The Hall–Kier alpha value is 0.0700. The number of hydrogen-bond donors (Lipinski definition) is 1. The van der Waals surface area contributed by atoms with Crippen molar-refractivity contribution >= 4 is 10.8 Å². The lowest BCUT2D eigenvalue weighted by molar-refractivity contribution is 0.299. The summed E-state index contributed by atoms with van der Waals surface area (Å²) in [6.45, 7) is 3.62. The minimum absolute atomic E-state index is 0.624. The van der Waals surface area contributed by atoms with E-state index in [9.17, 15) is 4.21 Å². The van der Waals surface area contributed by atoms with Crippen molar-refractivity contribution in [3.05, 3.63) is 0 Å². The maximum atomic E-state index is 10.9. The normalized spacial score (nSPS) is 33.1. The minimum atomic E-state index is -0.624. The topological polar surface area (TPSA) is 32.3 Å². The summed E-state index contributed by atoms with van der Waals surface area (Å²) in [4.78, 5) is 2.62. The van der Waals surface area contributed by atoms with Gasteiger partial charge in [0.1, 0.15) is 0 Å². The van der Waals surface area contributed by atoms with Crippen molar-refractivity contribution in [2.45, 2.75) is 37.8 Å². The van der Waals surface area contributed by atoms with E-state index in [1.807, 2.05) is 0 Å². The zero-order valence-electron chi connectivity index (χ0n) is 9.58. The van der Waals surface area contributed by atoms with Gasteiger partial charge in [0.25, 0.3) is 0 Å². The quantitative estimate of drug-likeness (QED) is 0.701. The summed E-state index contributed by atoms with van der Waals surface area (Å²) in [6, 6.07) is 1.51. The molecule has 2 rings (SSSR count). The molecular weight excluding hydrogens is 208 g/mol. The molecule has 0 bridgehead atoms. The van der Waals surface area contributed by atoms with E-state index in [2.05, 4.69) is 10.2 Å². The van der Waals surface area contributed by atoms with Crippen molar-refractivity contribution in [1.29, 1.82) is 0 Å². The smallest absolute Gasteiger partial charge is 0.0250 e. The number of fused-ring (bicyclic) bond motifs is 1. The monoisotopic (exact) mass is 230 g/mol. The molecule has 2 aliphatic rings. The zero-order chi connectivity index (χ0) is 10.7. The summed E-state index contributed by atoms with van der Waals surface area (Å²) < 4.78 is 10.9. The number of nitrogens with zero attached hydrogens (tertiary/aromatic N) is 1. The van der Waals surface area contributed by atoms with Crippen LogP contribution in [0.2, 0.25) is 0 Å². The van der Waals surface area contributed by atoms with Gasteiger partial charge in [-0.15, -0.1) is 0 Å². The summed E-state index contributed by atoms with van der Waals surface area (Å²) >= 11 is 0. The molecule has 4 heteroatoms. The van der Waals surface area contributed by atoms with Crippen LogP contribution in [0.3, 0.4) is 0 Å². The highest BCUT2D eigenvalue weighted by molar-refractivity contribution is 7.84. The first kappa shape index (κ1) is 11.6. The van der Waals surface area contributed by atoms with Crippen LogP contribution >= 0.6 is 0 Å². The molecule has 0 amide bonds. The third kappa shape index (κ3) is 3.02. The van der Waals surface area contributed by atoms with Crippen molar-refractivity contribution in [2.24, 2.45) is 0 Å². The SMILES string of the molecule is CS(=O)CCCNC1CCN2CCCC12. The lowest BCUT2D eigenvalue weighted by Gasteiger charge is -2.21. The molecule has 0 aliphatic carbocycles. The Morgan fingerprint density at radius 3 is 3.07 bits per heavy atom. The summed E-state index contributed by atoms with van der Waals surface area (Å²) in [7, 11) is -0.624. The second kappa shape index (κ2) is 5.41. The standard InChI is InChI=1S/C11H22N2OS/c1-15(14)9-3-6-12-10-5-8-13-7-2-4-11(10)13/h10-12H,2-9H2,1H3. The van der Waals surface area contributed by atoms with Gasteiger partial charge in [0.15, 0.2) is 0 Å². The van der Waals surface area contributed by atoms with Gasteiger partial charge in [-0.1, -0.05) is 0 Å². The Labute approximate surface area is 95.1 Å². The first-order valence-corrected chi connectivity index (χ1v) is 7.77. The van der Waals surface area contributed by atoms with Crippen LogP contribution < -0.4 is 5.32 Å². The number of hydrogen-bond acceptors (Lipinski definition) is 3. The van der Waals surface area contributed by atoms with Crippen molar-refractivity contribution in [1.82, 2.24) is 10.2 Å². The van der Waals surface area contributed by atoms with Gasteiger partial charge in [0.2, 0.25) is 0 Å². The molecule has 1 N–H and O–H groups in total. The van der Waals surface area contributed by atoms with E-state index in [1.54, 1.807) is 6.26 Å². The van der Waals surface area contributed by atoms with Crippen LogP contribution in [0, 0.1) is 0 Å². The van der Waals surface area contributed by atoms with Gasteiger partial charge in [0.05, 0.1) is 0 Å². The van der Waals surface area contributed by atoms with E-state index in [-0.39, 0.29) is 0 Å². The molecule has 3 atom stereocenters. The molecule has 0 spiro atoms. The third-order valence-electron chi connectivity index (χ3n) is 3.62. The van der Waals surface area contributed by atoms with Crippen LogP contribution in [0.1, 0.15) is 25.7 Å². The molecule has 3 unspecified atom stereocenters. The van der Waals surface area contributed by atoms with Gasteiger partial charge in [-0.05, 0) is 38.8 Å². The number of nitrogens with one attached hydrogen (secondary N) is 1. The van der Waals surface area contributed by atoms with Gasteiger partial charge >= 0.3 is 0 Å². The molecule has 3 nitrogen and oxygen atoms in total. The van der Waals surface area contributed by atoms with Crippen LogP contribution in [-0.4, -0.2) is 52.8 Å². The minimum Gasteiger partial charge on any atom is -0.312 e. The summed E-state index contributed by atoms with van der Waals surface area (Å²) in [5.41, 5.74) is 0. The highest BCUT2D eigenvalue weighted by Gasteiger charge is 2.36. The summed E-state index contributed by atoms with van der Waals surface area (Å²) in [5.74, 6) is 0.841. The van der Waals surface area contributed by atoms with Gasteiger partial charge < -0.3 is 5.32 Å². The average molecular weight is 230 g/mol. The average Bonchev–Trinajstić information content (AvgIpc) is 2.74. The van der Waals surface area contributed by atoms with Crippen molar-refractivity contribution in [3.63, 3.8) is 0 Å². The Balaban J connectivity index is 1.65. The fraction of sp³-hybridized carbons (Fsp3) is 1.00. The van der Waals surface area contributed by atoms with E-state index >= 15 is 0 Å². The van der Waals surface area contributed by atoms with Crippen molar-refractivity contribution in [3.8, 4) is 0 Å². The van der Waals surface area contributed by atoms with E-state index < -0.39 is 10.8 Å². The summed E-state index contributed by atoms with van der Waals surface area (Å²) in [5, 5.41) is 3.63. The van der Waals surface area contributed by atoms with Crippen LogP contribution in [0.25, 0.3) is 0 Å². The van der Waals surface area contributed by atoms with Gasteiger partial charge in [-0.3, -0.25) is 9.11 Å².